The molecule has 178 valence electrons. The number of alkyl halides is 3. The van der Waals surface area contributed by atoms with E-state index in [9.17, 15) is 18.0 Å². The van der Waals surface area contributed by atoms with Crippen molar-refractivity contribution >= 4 is 11.8 Å². The van der Waals surface area contributed by atoms with Crippen LogP contribution in [0, 0.1) is 6.92 Å². The van der Waals surface area contributed by atoms with Gasteiger partial charge in [-0.25, -0.2) is 4.79 Å². The quantitative estimate of drug-likeness (QED) is 0.608. The van der Waals surface area contributed by atoms with E-state index in [1.165, 1.54) is 10.6 Å². The van der Waals surface area contributed by atoms with Crippen molar-refractivity contribution in [3.63, 3.8) is 0 Å². The zero-order chi connectivity index (χ0) is 24.2. The van der Waals surface area contributed by atoms with E-state index in [1.54, 1.807) is 27.0 Å². The highest BCUT2D eigenvalue weighted by molar-refractivity contribution is 5.43. The minimum absolute atomic E-state index is 0.113. The summed E-state index contributed by atoms with van der Waals surface area (Å²) < 4.78 is 44.5. The van der Waals surface area contributed by atoms with Gasteiger partial charge in [0.1, 0.15) is 11.6 Å². The second-order valence-corrected chi connectivity index (χ2v) is 7.81. The van der Waals surface area contributed by atoms with Gasteiger partial charge in [0, 0.05) is 44.4 Å². The van der Waals surface area contributed by atoms with Crippen LogP contribution >= 0.6 is 0 Å². The molecule has 0 bridgehead atoms. The SMILES string of the molecule is COc1cccc(N2CCN(c3nc(C)n(C/C(C)=C/C=C(\C)C(F)(F)F)c(=O)n3)CC2)n1. The highest BCUT2D eigenvalue weighted by Crippen LogP contribution is 2.25. The average molecular weight is 464 g/mol. The number of rotatable bonds is 6. The lowest BCUT2D eigenvalue weighted by molar-refractivity contribution is -0.0913. The molecule has 0 radical (unpaired) electrons. The second-order valence-electron chi connectivity index (χ2n) is 7.81. The first-order chi connectivity index (χ1) is 15.6. The maximum Gasteiger partial charge on any atom is 0.412 e. The Morgan fingerprint density at radius 2 is 1.73 bits per heavy atom. The fourth-order valence-electron chi connectivity index (χ4n) is 3.33. The van der Waals surface area contributed by atoms with E-state index in [1.807, 2.05) is 17.0 Å². The van der Waals surface area contributed by atoms with E-state index in [0.717, 1.165) is 18.8 Å². The summed E-state index contributed by atoms with van der Waals surface area (Å²) in [6.45, 7) is 7.05. The lowest BCUT2D eigenvalue weighted by Crippen LogP contribution is -2.48. The summed E-state index contributed by atoms with van der Waals surface area (Å²) in [6, 6.07) is 5.59. The smallest absolute Gasteiger partial charge is 0.412 e. The molecule has 3 heterocycles. The van der Waals surface area contributed by atoms with Crippen LogP contribution in [-0.4, -0.2) is 59.0 Å². The number of ether oxygens (including phenoxy) is 1. The summed E-state index contributed by atoms with van der Waals surface area (Å²) in [5.41, 5.74) is -0.612. The third-order valence-electron chi connectivity index (χ3n) is 5.36. The Kier molecular flexibility index (Phi) is 7.39. The Hall–Kier alpha value is -3.37. The number of allylic oxidation sites excluding steroid dienone is 4. The molecule has 3 rings (SSSR count). The van der Waals surface area contributed by atoms with Crippen molar-refractivity contribution in [2.24, 2.45) is 0 Å². The number of halogens is 3. The Morgan fingerprint density at radius 1 is 1.06 bits per heavy atom. The number of hydrogen-bond acceptors (Lipinski definition) is 7. The molecular weight excluding hydrogens is 437 g/mol. The van der Waals surface area contributed by atoms with E-state index in [-0.39, 0.29) is 6.54 Å². The molecule has 33 heavy (non-hydrogen) atoms. The highest BCUT2D eigenvalue weighted by Gasteiger charge is 2.29. The van der Waals surface area contributed by atoms with E-state index >= 15 is 0 Å². The fraction of sp³-hybridized carbons (Fsp3) is 0.455. The summed E-state index contributed by atoms with van der Waals surface area (Å²) in [6.07, 6.45) is -2.02. The minimum Gasteiger partial charge on any atom is -0.481 e. The lowest BCUT2D eigenvalue weighted by atomic mass is 10.2. The summed E-state index contributed by atoms with van der Waals surface area (Å²) in [4.78, 5) is 29.7. The zero-order valence-corrected chi connectivity index (χ0v) is 19.1. The molecule has 0 aliphatic carbocycles. The van der Waals surface area contributed by atoms with Crippen LogP contribution < -0.4 is 20.2 Å². The van der Waals surface area contributed by atoms with Crippen LogP contribution in [0.4, 0.5) is 24.9 Å². The number of hydrogen-bond donors (Lipinski definition) is 0. The number of anilines is 2. The van der Waals surface area contributed by atoms with Crippen molar-refractivity contribution in [3.8, 4) is 5.88 Å². The van der Waals surface area contributed by atoms with Gasteiger partial charge in [-0.15, -0.1) is 0 Å². The third kappa shape index (κ3) is 6.11. The van der Waals surface area contributed by atoms with Gasteiger partial charge in [-0.2, -0.15) is 28.1 Å². The number of pyridine rings is 1. The summed E-state index contributed by atoms with van der Waals surface area (Å²) in [7, 11) is 1.57. The Bertz CT molecular complexity index is 1100. The van der Waals surface area contributed by atoms with E-state index in [2.05, 4.69) is 19.9 Å². The van der Waals surface area contributed by atoms with E-state index in [4.69, 9.17) is 4.74 Å². The predicted molar refractivity (Wildman–Crippen MR) is 120 cm³/mol. The van der Waals surface area contributed by atoms with Crippen LogP contribution in [0.1, 0.15) is 19.7 Å². The van der Waals surface area contributed by atoms with Gasteiger partial charge in [0.05, 0.1) is 7.11 Å². The monoisotopic (exact) mass is 464 g/mol. The second kappa shape index (κ2) is 10.1. The molecule has 0 spiro atoms. The molecule has 8 nitrogen and oxygen atoms in total. The van der Waals surface area contributed by atoms with Crippen LogP contribution in [0.15, 0.2) is 46.3 Å². The number of methoxy groups -OCH3 is 1. The van der Waals surface area contributed by atoms with Crippen molar-refractivity contribution in [1.82, 2.24) is 19.5 Å². The Morgan fingerprint density at radius 3 is 2.33 bits per heavy atom. The third-order valence-corrected chi connectivity index (χ3v) is 5.36. The minimum atomic E-state index is -4.37. The topological polar surface area (TPSA) is 76.4 Å². The van der Waals surface area contributed by atoms with Gasteiger partial charge in [-0.05, 0) is 26.8 Å². The average Bonchev–Trinajstić information content (AvgIpc) is 2.79. The largest absolute Gasteiger partial charge is 0.481 e. The molecule has 0 amide bonds. The number of piperazine rings is 1. The van der Waals surface area contributed by atoms with Crippen LogP contribution in [0.2, 0.25) is 0 Å². The van der Waals surface area contributed by atoms with Gasteiger partial charge in [0.25, 0.3) is 0 Å². The number of nitrogens with zero attached hydrogens (tertiary/aromatic N) is 6. The number of aryl methyl sites for hydroxylation is 1. The lowest BCUT2D eigenvalue weighted by Gasteiger charge is -2.35. The first-order valence-corrected chi connectivity index (χ1v) is 10.5. The van der Waals surface area contributed by atoms with Crippen molar-refractivity contribution < 1.29 is 17.9 Å². The molecule has 1 saturated heterocycles. The number of aromatic nitrogens is 4. The molecule has 1 fully saturated rings. The van der Waals surface area contributed by atoms with Gasteiger partial charge < -0.3 is 14.5 Å². The predicted octanol–water partition coefficient (Wildman–Crippen LogP) is 3.13. The van der Waals surface area contributed by atoms with Gasteiger partial charge >= 0.3 is 11.9 Å². The maximum atomic E-state index is 12.6. The maximum absolute atomic E-state index is 12.6. The van der Waals surface area contributed by atoms with Gasteiger partial charge in [0.15, 0.2) is 0 Å². The van der Waals surface area contributed by atoms with Crippen molar-refractivity contribution in [2.45, 2.75) is 33.5 Å². The molecule has 0 atom stereocenters. The van der Waals surface area contributed by atoms with Crippen LogP contribution in [0.3, 0.4) is 0 Å². The molecule has 1 aliphatic heterocycles. The zero-order valence-electron chi connectivity index (χ0n) is 19.1. The highest BCUT2D eigenvalue weighted by atomic mass is 19.4. The van der Waals surface area contributed by atoms with Gasteiger partial charge in [0.2, 0.25) is 11.8 Å². The van der Waals surface area contributed by atoms with Gasteiger partial charge in [-0.3, -0.25) is 4.57 Å². The Balaban J connectivity index is 1.69. The van der Waals surface area contributed by atoms with Crippen molar-refractivity contribution in [3.05, 3.63) is 57.8 Å². The van der Waals surface area contributed by atoms with Crippen molar-refractivity contribution in [1.29, 1.82) is 0 Å². The summed E-state index contributed by atoms with van der Waals surface area (Å²) in [5.74, 6) is 2.16. The van der Waals surface area contributed by atoms with Crippen LogP contribution in [0.25, 0.3) is 0 Å². The van der Waals surface area contributed by atoms with Crippen molar-refractivity contribution in [2.75, 3.05) is 43.1 Å². The van der Waals surface area contributed by atoms with E-state index in [0.29, 0.717) is 49.4 Å². The molecule has 2 aromatic heterocycles. The van der Waals surface area contributed by atoms with E-state index < -0.39 is 17.4 Å². The van der Waals surface area contributed by atoms with Gasteiger partial charge in [-0.1, -0.05) is 23.8 Å². The molecule has 0 N–H and O–H groups in total. The normalized spacial score (nSPS) is 15.7. The Labute approximate surface area is 190 Å². The molecule has 0 saturated carbocycles. The van der Waals surface area contributed by atoms with Crippen LogP contribution in [0.5, 0.6) is 5.88 Å². The molecule has 0 aromatic carbocycles. The molecule has 11 heteroatoms. The molecule has 2 aromatic rings. The molecular formula is C22H27F3N6O2. The first-order valence-electron chi connectivity index (χ1n) is 10.5. The van der Waals surface area contributed by atoms with Crippen LogP contribution in [-0.2, 0) is 6.54 Å². The first kappa shape index (κ1) is 24.3. The summed E-state index contributed by atoms with van der Waals surface area (Å²) in [5, 5.41) is 0. The molecule has 0 unspecified atom stereocenters. The summed E-state index contributed by atoms with van der Waals surface area (Å²) >= 11 is 0. The standard InChI is InChI=1S/C22H27F3N6O2/c1-15(8-9-16(2)22(23,24)25)14-31-17(3)26-20(28-21(31)32)30-12-10-29(11-13-30)18-6-5-7-19(27-18)33-4/h5-9H,10-14H2,1-4H3/b15-8+,16-9+. The fourth-order valence-corrected chi connectivity index (χ4v) is 3.33. The molecule has 1 aliphatic rings.